The Morgan fingerprint density at radius 1 is 1.26 bits per heavy atom. The molecule has 2 aromatic rings. The maximum absolute atomic E-state index is 12.2. The minimum absolute atomic E-state index is 0.180. The summed E-state index contributed by atoms with van der Waals surface area (Å²) in [5.41, 5.74) is 1.24. The Kier molecular flexibility index (Phi) is 5.75. The maximum atomic E-state index is 12.2. The summed E-state index contributed by atoms with van der Waals surface area (Å²) < 4.78 is 46.5. The Balaban J connectivity index is 1.53. The van der Waals surface area contributed by atoms with Crippen molar-refractivity contribution in [3.8, 4) is 5.88 Å². The van der Waals surface area contributed by atoms with E-state index >= 15 is 0 Å². The van der Waals surface area contributed by atoms with Crippen LogP contribution in [0.15, 0.2) is 42.9 Å². The topological polar surface area (TPSA) is 85.4 Å². The van der Waals surface area contributed by atoms with Gasteiger partial charge >= 0.3 is 12.2 Å². The van der Waals surface area contributed by atoms with Crippen LogP contribution in [-0.2, 0) is 4.74 Å². The Bertz CT molecular complexity index is 756. The number of nitrogens with zero attached hydrogens (tertiary/aromatic N) is 2. The summed E-state index contributed by atoms with van der Waals surface area (Å²) in [5.74, 6) is -0.180. The van der Waals surface area contributed by atoms with Gasteiger partial charge in [0.1, 0.15) is 6.10 Å². The van der Waals surface area contributed by atoms with Crippen molar-refractivity contribution in [2.45, 2.75) is 24.7 Å². The molecule has 0 aliphatic carbocycles. The minimum Gasteiger partial charge on any atom is -0.468 e. The van der Waals surface area contributed by atoms with Crippen LogP contribution in [0.25, 0.3) is 0 Å². The van der Waals surface area contributed by atoms with Gasteiger partial charge in [-0.05, 0) is 30.2 Å². The molecule has 1 fully saturated rings. The van der Waals surface area contributed by atoms with Gasteiger partial charge in [0.15, 0.2) is 6.61 Å². The molecular formula is C17H17F3N4O3. The van der Waals surface area contributed by atoms with Gasteiger partial charge in [-0.3, -0.25) is 4.98 Å². The first kappa shape index (κ1) is 18.9. The Morgan fingerprint density at radius 2 is 2.04 bits per heavy atom. The quantitative estimate of drug-likeness (QED) is 0.830. The fraction of sp³-hybridized carbons (Fsp3) is 0.353. The molecule has 2 amide bonds. The van der Waals surface area contributed by atoms with Crippen LogP contribution in [0.4, 0.5) is 23.7 Å². The number of hydrogen-bond donors (Lipinski definition) is 2. The van der Waals surface area contributed by atoms with Crippen molar-refractivity contribution in [3.05, 3.63) is 48.4 Å². The summed E-state index contributed by atoms with van der Waals surface area (Å²) in [6, 6.07) is 5.63. The zero-order valence-electron chi connectivity index (χ0n) is 14.1. The van der Waals surface area contributed by atoms with Gasteiger partial charge in [-0.25, -0.2) is 9.78 Å². The molecule has 0 aromatic carbocycles. The van der Waals surface area contributed by atoms with Crippen molar-refractivity contribution in [2.24, 2.45) is 0 Å². The van der Waals surface area contributed by atoms with Gasteiger partial charge in [0, 0.05) is 25.1 Å². The molecule has 144 valence electrons. The summed E-state index contributed by atoms with van der Waals surface area (Å²) in [5, 5.41) is 5.41. The first-order valence-corrected chi connectivity index (χ1v) is 8.15. The highest BCUT2D eigenvalue weighted by Crippen LogP contribution is 2.28. The van der Waals surface area contributed by atoms with Gasteiger partial charge in [0.25, 0.3) is 0 Å². The summed E-state index contributed by atoms with van der Waals surface area (Å²) in [6.45, 7) is -0.907. The molecule has 1 aliphatic rings. The van der Waals surface area contributed by atoms with Crippen LogP contribution in [-0.4, -0.2) is 41.4 Å². The number of urea groups is 1. The van der Waals surface area contributed by atoms with E-state index < -0.39 is 18.8 Å². The number of amides is 2. The lowest BCUT2D eigenvalue weighted by molar-refractivity contribution is -0.154. The second kappa shape index (κ2) is 8.21. The highest BCUT2D eigenvalue weighted by molar-refractivity contribution is 5.89. The molecule has 0 saturated carbocycles. The molecule has 2 atom stereocenters. The molecule has 27 heavy (non-hydrogen) atoms. The van der Waals surface area contributed by atoms with Crippen LogP contribution in [0.5, 0.6) is 5.88 Å². The minimum atomic E-state index is -4.44. The van der Waals surface area contributed by atoms with Gasteiger partial charge in [0.05, 0.1) is 17.9 Å². The molecule has 0 radical (unpaired) electrons. The van der Waals surface area contributed by atoms with Crippen LogP contribution < -0.4 is 15.4 Å². The van der Waals surface area contributed by atoms with Gasteiger partial charge in [-0.2, -0.15) is 13.2 Å². The molecule has 10 heteroatoms. The number of ether oxygens (including phenoxy) is 2. The van der Waals surface area contributed by atoms with Crippen molar-refractivity contribution >= 4 is 11.7 Å². The molecule has 7 nitrogen and oxygen atoms in total. The predicted molar refractivity (Wildman–Crippen MR) is 89.3 cm³/mol. The highest BCUT2D eigenvalue weighted by Gasteiger charge is 2.31. The monoisotopic (exact) mass is 382 g/mol. The van der Waals surface area contributed by atoms with Crippen LogP contribution in [0.2, 0.25) is 0 Å². The van der Waals surface area contributed by atoms with Crippen molar-refractivity contribution in [1.29, 1.82) is 0 Å². The van der Waals surface area contributed by atoms with Crippen molar-refractivity contribution in [2.75, 3.05) is 18.5 Å². The van der Waals surface area contributed by atoms with E-state index in [0.717, 1.165) is 5.56 Å². The number of halogens is 3. The fourth-order valence-electron chi connectivity index (χ4n) is 2.65. The molecule has 0 bridgehead atoms. The van der Waals surface area contributed by atoms with Crippen LogP contribution in [0.1, 0.15) is 18.1 Å². The Morgan fingerprint density at radius 3 is 2.70 bits per heavy atom. The third kappa shape index (κ3) is 5.55. The third-order valence-electron chi connectivity index (χ3n) is 3.82. The average molecular weight is 382 g/mol. The van der Waals surface area contributed by atoms with Crippen LogP contribution >= 0.6 is 0 Å². The molecule has 3 heterocycles. The van der Waals surface area contributed by atoms with E-state index in [-0.39, 0.29) is 18.0 Å². The number of nitrogens with one attached hydrogen (secondary N) is 2. The molecular weight excluding hydrogens is 365 g/mol. The van der Waals surface area contributed by atoms with Crippen molar-refractivity contribution in [3.63, 3.8) is 0 Å². The lowest BCUT2D eigenvalue weighted by atomic mass is 10.0. The molecule has 0 unspecified atom stereocenters. The first-order chi connectivity index (χ1) is 12.9. The standard InChI is InChI=1S/C17H17F3N4O3/c18-17(19,20)10-27-14-2-1-12(9-22-14)23-16(25)24-13-5-8-26-15(13)11-3-6-21-7-4-11/h1-4,6-7,9,13,15H,5,8,10H2,(H2,23,24,25)/t13-,15+/m1/s1. The predicted octanol–water partition coefficient (Wildman–Crippen LogP) is 3.07. The second-order valence-electron chi connectivity index (χ2n) is 5.85. The number of aromatic nitrogens is 2. The van der Waals surface area contributed by atoms with E-state index in [1.165, 1.54) is 18.3 Å². The highest BCUT2D eigenvalue weighted by atomic mass is 19.4. The number of rotatable bonds is 5. The van der Waals surface area contributed by atoms with Crippen LogP contribution in [0.3, 0.4) is 0 Å². The van der Waals surface area contributed by atoms with Gasteiger partial charge in [-0.15, -0.1) is 0 Å². The SMILES string of the molecule is O=C(Nc1ccc(OCC(F)(F)F)nc1)N[C@@H]1CCO[C@H]1c1ccncc1. The number of alkyl halides is 3. The van der Waals surface area contributed by atoms with E-state index in [0.29, 0.717) is 18.7 Å². The molecule has 1 saturated heterocycles. The summed E-state index contributed by atoms with van der Waals surface area (Å²) >= 11 is 0. The number of hydrogen-bond acceptors (Lipinski definition) is 5. The Hall–Kier alpha value is -2.88. The summed E-state index contributed by atoms with van der Waals surface area (Å²) in [6.07, 6.45) is 0.479. The molecule has 3 rings (SSSR count). The maximum Gasteiger partial charge on any atom is 0.422 e. The Labute approximate surface area is 152 Å². The van der Waals surface area contributed by atoms with Gasteiger partial charge in [-0.1, -0.05) is 0 Å². The van der Waals surface area contributed by atoms with Crippen molar-refractivity contribution < 1.29 is 27.4 Å². The molecule has 1 aliphatic heterocycles. The van der Waals surface area contributed by atoms with Crippen LogP contribution in [0, 0.1) is 0 Å². The summed E-state index contributed by atoms with van der Waals surface area (Å²) in [4.78, 5) is 19.9. The zero-order valence-corrected chi connectivity index (χ0v) is 14.1. The largest absolute Gasteiger partial charge is 0.468 e. The number of carbonyl (C=O) groups is 1. The second-order valence-corrected chi connectivity index (χ2v) is 5.85. The zero-order chi connectivity index (χ0) is 19.3. The average Bonchev–Trinajstić information content (AvgIpc) is 3.09. The third-order valence-corrected chi connectivity index (χ3v) is 3.82. The smallest absolute Gasteiger partial charge is 0.422 e. The lowest BCUT2D eigenvalue weighted by Gasteiger charge is -2.20. The first-order valence-electron chi connectivity index (χ1n) is 8.15. The van der Waals surface area contributed by atoms with E-state index in [9.17, 15) is 18.0 Å². The molecule has 2 N–H and O–H groups in total. The number of pyridine rings is 2. The fourth-order valence-corrected chi connectivity index (χ4v) is 2.65. The van der Waals surface area contributed by atoms with Gasteiger partial charge in [0.2, 0.25) is 5.88 Å². The number of anilines is 1. The van der Waals surface area contributed by atoms with Gasteiger partial charge < -0.3 is 20.1 Å². The normalized spacial score (nSPS) is 19.5. The van der Waals surface area contributed by atoms with E-state index in [4.69, 9.17) is 4.74 Å². The molecule has 0 spiro atoms. The number of carbonyl (C=O) groups excluding carboxylic acids is 1. The van der Waals surface area contributed by atoms with E-state index in [2.05, 4.69) is 25.3 Å². The summed E-state index contributed by atoms with van der Waals surface area (Å²) in [7, 11) is 0. The lowest BCUT2D eigenvalue weighted by Crippen LogP contribution is -2.39. The van der Waals surface area contributed by atoms with Crippen molar-refractivity contribution in [1.82, 2.24) is 15.3 Å². The molecule has 2 aromatic heterocycles. The van der Waals surface area contributed by atoms with E-state index in [1.54, 1.807) is 12.4 Å². The van der Waals surface area contributed by atoms with E-state index in [1.807, 2.05) is 12.1 Å².